The molecule has 20 heavy (non-hydrogen) atoms. The second-order valence-electron chi connectivity index (χ2n) is 4.14. The molecule has 1 aromatic carbocycles. The van der Waals surface area contributed by atoms with Crippen molar-refractivity contribution >= 4 is 15.7 Å². The Bertz CT molecular complexity index is 545. The minimum absolute atomic E-state index is 0.0344. The van der Waals surface area contributed by atoms with Crippen LogP contribution in [0.3, 0.4) is 0 Å². The molecule has 0 aromatic heterocycles. The molecule has 8 heteroatoms. The number of nitrogen functional groups attached to an aromatic ring is 1. The van der Waals surface area contributed by atoms with E-state index in [4.69, 9.17) is 25.1 Å². The third-order valence-electron chi connectivity index (χ3n) is 2.56. The van der Waals surface area contributed by atoms with E-state index in [9.17, 15) is 8.42 Å². The van der Waals surface area contributed by atoms with Gasteiger partial charge in [0.2, 0.25) is 10.0 Å². The van der Waals surface area contributed by atoms with Crippen LogP contribution in [0.15, 0.2) is 17.0 Å². The molecule has 0 unspecified atom stereocenters. The molecule has 0 aliphatic carbocycles. The number of methoxy groups -OCH3 is 1. The predicted octanol–water partition coefficient (Wildman–Crippen LogP) is 0.266. The van der Waals surface area contributed by atoms with E-state index < -0.39 is 10.0 Å². The molecule has 0 fully saturated rings. The summed E-state index contributed by atoms with van der Waals surface area (Å²) in [6, 6.07) is 2.87. The van der Waals surface area contributed by atoms with Crippen LogP contribution < -0.4 is 15.6 Å². The summed E-state index contributed by atoms with van der Waals surface area (Å²) in [7, 11) is -2.24. The largest absolute Gasteiger partial charge is 0.491 e. The lowest BCUT2D eigenvalue weighted by Crippen LogP contribution is -2.16. The summed E-state index contributed by atoms with van der Waals surface area (Å²) < 4.78 is 38.4. The van der Waals surface area contributed by atoms with Crippen molar-refractivity contribution in [3.05, 3.63) is 17.7 Å². The first-order valence-electron chi connectivity index (χ1n) is 5.98. The summed E-state index contributed by atoms with van der Waals surface area (Å²) in [5.41, 5.74) is 6.35. The Hall–Kier alpha value is -1.35. The summed E-state index contributed by atoms with van der Waals surface area (Å²) in [4.78, 5) is -0.0344. The van der Waals surface area contributed by atoms with Crippen LogP contribution in [0.25, 0.3) is 0 Å². The summed E-state index contributed by atoms with van der Waals surface area (Å²) in [6.45, 7) is 3.23. The van der Waals surface area contributed by atoms with Crippen LogP contribution in [-0.2, 0) is 19.5 Å². The van der Waals surface area contributed by atoms with E-state index in [2.05, 4.69) is 0 Å². The van der Waals surface area contributed by atoms with Crippen LogP contribution in [0.5, 0.6) is 5.75 Å². The van der Waals surface area contributed by atoms with Gasteiger partial charge in [0.05, 0.1) is 24.7 Å². The smallest absolute Gasteiger partial charge is 0.238 e. The van der Waals surface area contributed by atoms with Gasteiger partial charge in [0, 0.05) is 24.4 Å². The SMILES string of the molecule is COCCOCCOc1cc(N)cc(S(N)(=O)=O)c1C. The van der Waals surface area contributed by atoms with E-state index in [1.54, 1.807) is 20.1 Å². The molecule has 4 N–H and O–H groups in total. The first-order valence-corrected chi connectivity index (χ1v) is 7.53. The Morgan fingerprint density at radius 3 is 2.40 bits per heavy atom. The van der Waals surface area contributed by atoms with Crippen LogP contribution in [0.1, 0.15) is 5.56 Å². The molecule has 0 atom stereocenters. The van der Waals surface area contributed by atoms with Crippen LogP contribution in [0, 0.1) is 6.92 Å². The molecule has 0 bridgehead atoms. The van der Waals surface area contributed by atoms with Crippen molar-refractivity contribution in [3.8, 4) is 5.75 Å². The van der Waals surface area contributed by atoms with Gasteiger partial charge in [-0.25, -0.2) is 13.6 Å². The third-order valence-corrected chi connectivity index (χ3v) is 3.60. The van der Waals surface area contributed by atoms with Crippen molar-refractivity contribution in [2.24, 2.45) is 5.14 Å². The zero-order valence-corrected chi connectivity index (χ0v) is 12.4. The molecule has 0 radical (unpaired) electrons. The summed E-state index contributed by atoms with van der Waals surface area (Å²) in [6.07, 6.45) is 0. The second kappa shape index (κ2) is 7.44. The second-order valence-corrected chi connectivity index (χ2v) is 5.67. The van der Waals surface area contributed by atoms with Gasteiger partial charge in [-0.1, -0.05) is 0 Å². The number of anilines is 1. The maximum atomic E-state index is 11.4. The number of hydrogen-bond donors (Lipinski definition) is 2. The standard InChI is InChI=1S/C12H20N2O5S/c1-9-11(19-6-5-18-4-3-17-2)7-10(13)8-12(9)20(14,15)16/h7-8H,3-6,13H2,1-2H3,(H2,14,15,16). The van der Waals surface area contributed by atoms with E-state index in [0.717, 1.165) is 0 Å². The predicted molar refractivity (Wildman–Crippen MR) is 75.2 cm³/mol. The highest BCUT2D eigenvalue weighted by Gasteiger charge is 2.16. The van der Waals surface area contributed by atoms with Gasteiger partial charge in [0.15, 0.2) is 0 Å². The van der Waals surface area contributed by atoms with E-state index in [1.165, 1.54) is 6.07 Å². The zero-order chi connectivity index (χ0) is 15.2. The van der Waals surface area contributed by atoms with Crippen LogP contribution in [-0.4, -0.2) is 42.0 Å². The highest BCUT2D eigenvalue weighted by atomic mass is 32.2. The fraction of sp³-hybridized carbons (Fsp3) is 0.500. The highest BCUT2D eigenvalue weighted by Crippen LogP contribution is 2.27. The number of benzene rings is 1. The summed E-state index contributed by atoms with van der Waals surface area (Å²) >= 11 is 0. The quantitative estimate of drug-likeness (QED) is 0.526. The Balaban J connectivity index is 2.69. The first-order chi connectivity index (χ1) is 9.36. The van der Waals surface area contributed by atoms with Crippen molar-refractivity contribution in [1.82, 2.24) is 0 Å². The van der Waals surface area contributed by atoms with Gasteiger partial charge in [-0.3, -0.25) is 0 Å². The lowest BCUT2D eigenvalue weighted by atomic mass is 10.2. The maximum Gasteiger partial charge on any atom is 0.238 e. The van der Waals surface area contributed by atoms with Crippen molar-refractivity contribution in [2.75, 3.05) is 39.3 Å². The molecule has 0 spiro atoms. The Morgan fingerprint density at radius 2 is 1.80 bits per heavy atom. The van der Waals surface area contributed by atoms with Gasteiger partial charge >= 0.3 is 0 Å². The molecule has 1 aromatic rings. The molecule has 0 amide bonds. The normalized spacial score (nSPS) is 11.6. The lowest BCUT2D eigenvalue weighted by Gasteiger charge is -2.13. The number of rotatable bonds is 8. The topological polar surface area (TPSA) is 114 Å². The molecule has 0 saturated carbocycles. The minimum atomic E-state index is -3.83. The van der Waals surface area contributed by atoms with Crippen molar-refractivity contribution in [2.45, 2.75) is 11.8 Å². The molecule has 0 aliphatic heterocycles. The molecule has 7 nitrogen and oxygen atoms in total. The Kier molecular flexibility index (Phi) is 6.21. The first kappa shape index (κ1) is 16.7. The van der Waals surface area contributed by atoms with Gasteiger partial charge in [-0.05, 0) is 13.0 Å². The van der Waals surface area contributed by atoms with Crippen LogP contribution in [0.4, 0.5) is 5.69 Å². The molecule has 0 saturated heterocycles. The highest BCUT2D eigenvalue weighted by molar-refractivity contribution is 7.89. The molecule has 114 valence electrons. The van der Waals surface area contributed by atoms with E-state index in [0.29, 0.717) is 31.1 Å². The summed E-state index contributed by atoms with van der Waals surface area (Å²) in [5, 5.41) is 5.13. The molecular formula is C12H20N2O5S. The third kappa shape index (κ3) is 4.97. The van der Waals surface area contributed by atoms with E-state index >= 15 is 0 Å². The fourth-order valence-corrected chi connectivity index (χ4v) is 2.41. The van der Waals surface area contributed by atoms with E-state index in [-0.39, 0.29) is 17.2 Å². The van der Waals surface area contributed by atoms with Gasteiger partial charge in [0.1, 0.15) is 12.4 Å². The monoisotopic (exact) mass is 304 g/mol. The molecule has 1 rings (SSSR count). The van der Waals surface area contributed by atoms with Crippen LogP contribution >= 0.6 is 0 Å². The van der Waals surface area contributed by atoms with Gasteiger partial charge in [-0.15, -0.1) is 0 Å². The van der Waals surface area contributed by atoms with Crippen molar-refractivity contribution in [3.63, 3.8) is 0 Å². The van der Waals surface area contributed by atoms with Crippen LogP contribution in [0.2, 0.25) is 0 Å². The van der Waals surface area contributed by atoms with Gasteiger partial charge < -0.3 is 19.9 Å². The zero-order valence-electron chi connectivity index (χ0n) is 11.6. The molecular weight excluding hydrogens is 284 g/mol. The maximum absolute atomic E-state index is 11.4. The molecule has 0 aliphatic rings. The number of primary sulfonamides is 1. The van der Waals surface area contributed by atoms with Crippen molar-refractivity contribution in [1.29, 1.82) is 0 Å². The lowest BCUT2D eigenvalue weighted by molar-refractivity contribution is 0.0543. The van der Waals surface area contributed by atoms with Gasteiger partial charge in [-0.2, -0.15) is 0 Å². The van der Waals surface area contributed by atoms with Crippen molar-refractivity contribution < 1.29 is 22.6 Å². The fourth-order valence-electron chi connectivity index (χ4n) is 1.58. The number of ether oxygens (including phenoxy) is 3. The van der Waals surface area contributed by atoms with Gasteiger partial charge in [0.25, 0.3) is 0 Å². The number of nitrogens with two attached hydrogens (primary N) is 2. The average Bonchev–Trinajstić information content (AvgIpc) is 2.35. The Morgan fingerprint density at radius 1 is 1.15 bits per heavy atom. The summed E-state index contributed by atoms with van der Waals surface area (Å²) in [5.74, 6) is 0.379. The Labute approximate surface area is 118 Å². The average molecular weight is 304 g/mol. The molecule has 0 heterocycles. The van der Waals surface area contributed by atoms with E-state index in [1.807, 2.05) is 0 Å². The minimum Gasteiger partial charge on any atom is -0.491 e. The number of hydrogen-bond acceptors (Lipinski definition) is 6. The number of sulfonamides is 1.